The van der Waals surface area contributed by atoms with Crippen molar-refractivity contribution in [2.45, 2.75) is 0 Å². The lowest BCUT2D eigenvalue weighted by Crippen LogP contribution is -1.90. The monoisotopic (exact) mass is 565 g/mol. The van der Waals surface area contributed by atoms with Gasteiger partial charge in [-0.05, 0) is 96.0 Å². The van der Waals surface area contributed by atoms with E-state index in [1.807, 2.05) is 12.1 Å². The lowest BCUT2D eigenvalue weighted by molar-refractivity contribution is 0.669. The molecule has 0 aliphatic carbocycles. The van der Waals surface area contributed by atoms with Crippen molar-refractivity contribution in [3.05, 3.63) is 157 Å². The van der Waals surface area contributed by atoms with Gasteiger partial charge in [-0.1, -0.05) is 127 Å². The molecule has 0 radical (unpaired) electrons. The van der Waals surface area contributed by atoms with Crippen molar-refractivity contribution in [2.24, 2.45) is 0 Å². The summed E-state index contributed by atoms with van der Waals surface area (Å²) >= 11 is 0. The van der Waals surface area contributed by atoms with Crippen LogP contribution < -0.4 is 0 Å². The average Bonchev–Trinajstić information content (AvgIpc) is 3.63. The fraction of sp³-hybridized carbons (Fsp3) is 0. The molecule has 1 heterocycles. The number of hydrogen-bond donors (Lipinski definition) is 0. The number of benzene rings is 8. The number of rotatable bonds is 3. The molecule has 0 amide bonds. The average molecular weight is 566 g/mol. The van der Waals surface area contributed by atoms with Crippen LogP contribution in [0.4, 0.5) is 0 Å². The maximum Gasteiger partial charge on any atom is 0.135 e. The molecule has 0 aliphatic rings. The first-order valence-corrected chi connectivity index (χ1v) is 13.2. The summed E-state index contributed by atoms with van der Waals surface area (Å²) in [6, 6.07) is -2.90. The lowest BCUT2D eigenvalue weighted by Gasteiger charge is -2.18. The van der Waals surface area contributed by atoms with Crippen molar-refractivity contribution in [3.8, 4) is 33.4 Å². The van der Waals surface area contributed by atoms with Gasteiger partial charge in [-0.2, -0.15) is 0 Å². The van der Waals surface area contributed by atoms with Gasteiger partial charge < -0.3 is 4.42 Å². The summed E-state index contributed by atoms with van der Waals surface area (Å²) in [5, 5.41) is -1.73. The van der Waals surface area contributed by atoms with Gasteiger partial charge in [-0.15, -0.1) is 0 Å². The fourth-order valence-electron chi connectivity index (χ4n) is 5.53. The Kier molecular flexibility index (Phi) is 2.61. The number of para-hydroxylation sites is 1. The molecule has 8 aromatic carbocycles. The molecule has 1 heteroatoms. The molecule has 0 aliphatic heterocycles. The highest BCUT2D eigenvalue weighted by atomic mass is 16.3. The van der Waals surface area contributed by atoms with Crippen molar-refractivity contribution in [3.63, 3.8) is 0 Å². The number of hydrogen-bond acceptors (Lipinski definition) is 1. The summed E-state index contributed by atoms with van der Waals surface area (Å²) in [5.74, 6) is 0. The van der Waals surface area contributed by atoms with Crippen LogP contribution >= 0.6 is 0 Å². The van der Waals surface area contributed by atoms with E-state index in [0.29, 0.717) is 22.1 Å². The van der Waals surface area contributed by atoms with E-state index >= 15 is 0 Å². The van der Waals surface area contributed by atoms with Crippen LogP contribution in [-0.2, 0) is 0 Å². The first-order chi connectivity index (χ1) is 29.2. The van der Waals surface area contributed by atoms with Gasteiger partial charge in [0.25, 0.3) is 0 Å². The third kappa shape index (κ3) is 3.79. The molecule has 0 bridgehead atoms. The van der Waals surface area contributed by atoms with Gasteiger partial charge in [0.05, 0.1) is 26.0 Å². The first-order valence-electron chi connectivity index (χ1n) is 22.7. The largest absolute Gasteiger partial charge is 0.456 e. The predicted molar refractivity (Wildman–Crippen MR) is 183 cm³/mol. The second-order valence-electron chi connectivity index (χ2n) is 9.81. The Morgan fingerprint density at radius 1 is 0.395 bits per heavy atom. The normalized spacial score (nSPS) is 17.9. The van der Waals surface area contributed by atoms with Crippen LogP contribution in [0, 0.1) is 0 Å². The Morgan fingerprint density at radius 3 is 1.65 bits per heavy atom. The van der Waals surface area contributed by atoms with Gasteiger partial charge in [-0.3, -0.25) is 0 Å². The topological polar surface area (TPSA) is 13.1 Å². The summed E-state index contributed by atoms with van der Waals surface area (Å²) in [6.45, 7) is 0. The fourth-order valence-corrected chi connectivity index (χ4v) is 5.53. The van der Waals surface area contributed by atoms with Crippen LogP contribution in [0.25, 0.3) is 87.6 Å². The van der Waals surface area contributed by atoms with E-state index in [1.165, 1.54) is 0 Å². The van der Waals surface area contributed by atoms with Crippen molar-refractivity contribution in [1.29, 1.82) is 0 Å². The van der Waals surface area contributed by atoms with E-state index in [2.05, 4.69) is 0 Å². The van der Waals surface area contributed by atoms with Gasteiger partial charge >= 0.3 is 0 Å². The van der Waals surface area contributed by atoms with E-state index in [1.54, 1.807) is 30.3 Å². The molecule has 1 aromatic heterocycles. The zero-order chi connectivity index (χ0) is 44.9. The third-order valence-electron chi connectivity index (χ3n) is 7.42. The maximum absolute atomic E-state index is 9.64. The van der Waals surface area contributed by atoms with Crippen LogP contribution in [0.1, 0.15) is 26.0 Å². The van der Waals surface area contributed by atoms with Gasteiger partial charge in [0.2, 0.25) is 0 Å². The third-order valence-corrected chi connectivity index (χ3v) is 7.42. The minimum absolute atomic E-state index is 0.0863. The van der Waals surface area contributed by atoms with E-state index in [9.17, 15) is 11.0 Å². The summed E-state index contributed by atoms with van der Waals surface area (Å²) in [4.78, 5) is 0. The predicted octanol–water partition coefficient (Wildman–Crippen LogP) is 12.0. The second-order valence-corrected chi connectivity index (χ2v) is 9.81. The molecule has 0 spiro atoms. The molecular formula is C42H26O. The molecule has 1 nitrogen and oxygen atoms in total. The molecular weight excluding hydrogens is 520 g/mol. The number of fused-ring (bicyclic) bond motifs is 6. The van der Waals surface area contributed by atoms with Crippen molar-refractivity contribution in [2.75, 3.05) is 0 Å². The first kappa shape index (κ1) is 11.9. The summed E-state index contributed by atoms with van der Waals surface area (Å²) in [5.41, 5.74) is -1.08. The Hall–Kier alpha value is -5.66. The molecule has 9 rings (SSSR count). The summed E-state index contributed by atoms with van der Waals surface area (Å²) in [7, 11) is 0. The second kappa shape index (κ2) is 9.44. The van der Waals surface area contributed by atoms with Crippen LogP contribution in [0.2, 0.25) is 0 Å². The molecule has 0 unspecified atom stereocenters. The number of furan rings is 1. The van der Waals surface area contributed by atoms with Crippen molar-refractivity contribution in [1.82, 2.24) is 0 Å². The lowest BCUT2D eigenvalue weighted by atomic mass is 9.85. The minimum atomic E-state index is -0.865. The quantitative estimate of drug-likeness (QED) is 0.194. The Balaban J connectivity index is 1.50. The van der Waals surface area contributed by atoms with E-state index in [-0.39, 0.29) is 10.9 Å². The molecule has 0 fully saturated rings. The standard InChI is InChI=1S/C42H26O/c1-2-10-27(11-3-1)41-34-13-4-6-15-36(34)42(37-16-7-5-14-35(37)41)32-21-20-28-24-29(18-19-30(28)25-32)31-22-23-40-38(26-31)33-12-8-9-17-39(33)43-40/h1-26H/i1D,2D,3D,4D,5D,6D,7D,10D,11D,13D,14D,15D,16D,18D,19D,20D,21D,24D,25D. The van der Waals surface area contributed by atoms with Gasteiger partial charge in [0, 0.05) is 10.8 Å². The smallest absolute Gasteiger partial charge is 0.135 e. The zero-order valence-electron chi connectivity index (χ0n) is 40.9. The molecule has 0 saturated heterocycles. The Labute approximate surface area is 275 Å². The molecule has 0 saturated carbocycles. The Bertz CT molecular complexity index is 3460. The molecule has 200 valence electrons. The van der Waals surface area contributed by atoms with Crippen LogP contribution in [0.3, 0.4) is 0 Å². The van der Waals surface area contributed by atoms with Gasteiger partial charge in [-0.25, -0.2) is 0 Å². The summed E-state index contributed by atoms with van der Waals surface area (Å²) < 4.78 is 177. The summed E-state index contributed by atoms with van der Waals surface area (Å²) in [6.07, 6.45) is 0. The van der Waals surface area contributed by atoms with E-state index in [0.717, 1.165) is 5.39 Å². The van der Waals surface area contributed by atoms with Crippen molar-refractivity contribution >= 4 is 54.3 Å². The van der Waals surface area contributed by atoms with Crippen LogP contribution in [0.15, 0.2) is 162 Å². The molecule has 0 N–H and O–H groups in total. The highest BCUT2D eigenvalue weighted by molar-refractivity contribution is 6.21. The maximum atomic E-state index is 9.64. The van der Waals surface area contributed by atoms with Gasteiger partial charge in [0.15, 0.2) is 0 Å². The SMILES string of the molecule is [2H]c1c([2H])c([2H])c(-c2c3c([2H])c([2H])c([2H])c([2H])c3c(-c3c([2H])c([2H])c4c([2H])c(-c5ccc6oc7ccccc7c6c5)c([2H])c([2H])c4c3[2H])c3c([2H])c([2H])c([2H])c([2H])c23)c([2H])c1[2H]. The highest BCUT2D eigenvalue weighted by Gasteiger charge is 2.16. The minimum Gasteiger partial charge on any atom is -0.456 e. The molecule has 43 heavy (non-hydrogen) atoms. The van der Waals surface area contributed by atoms with Crippen LogP contribution in [-0.4, -0.2) is 0 Å². The van der Waals surface area contributed by atoms with Gasteiger partial charge in [0.1, 0.15) is 11.2 Å². The zero-order valence-corrected chi connectivity index (χ0v) is 21.9. The molecule has 9 aromatic rings. The van der Waals surface area contributed by atoms with E-state index < -0.39 is 164 Å². The highest BCUT2D eigenvalue weighted by Crippen LogP contribution is 2.44. The van der Waals surface area contributed by atoms with Crippen molar-refractivity contribution < 1.29 is 30.5 Å². The molecule has 0 atom stereocenters. The van der Waals surface area contributed by atoms with Crippen LogP contribution in [0.5, 0.6) is 0 Å². The van der Waals surface area contributed by atoms with E-state index in [4.69, 9.17) is 19.5 Å². The Morgan fingerprint density at radius 2 is 0.953 bits per heavy atom.